The topological polar surface area (TPSA) is 128 Å². The second-order valence-electron chi connectivity index (χ2n) is 10.9. The summed E-state index contributed by atoms with van der Waals surface area (Å²) in [5.41, 5.74) is 4.91. The molecule has 2 aliphatic heterocycles. The Morgan fingerprint density at radius 2 is 1.85 bits per heavy atom. The molecular formula is C30H35B2NO7. The number of carbonyl (C=O) groups excluding carboxylic acids is 2. The zero-order valence-electron chi connectivity index (χ0n) is 22.9. The van der Waals surface area contributed by atoms with Crippen molar-refractivity contribution in [1.29, 1.82) is 0 Å². The Morgan fingerprint density at radius 1 is 1.10 bits per heavy atom. The summed E-state index contributed by atoms with van der Waals surface area (Å²) in [6.45, 7) is 4.14. The van der Waals surface area contributed by atoms with Crippen molar-refractivity contribution in [3.63, 3.8) is 0 Å². The summed E-state index contributed by atoms with van der Waals surface area (Å²) in [5, 5.41) is 39.6. The smallest absolute Gasteiger partial charge is 0.488 e. The van der Waals surface area contributed by atoms with Gasteiger partial charge in [-0.25, -0.2) is 0 Å². The fourth-order valence-electron chi connectivity index (χ4n) is 6.66. The molecule has 0 bridgehead atoms. The van der Waals surface area contributed by atoms with E-state index in [4.69, 9.17) is 4.65 Å². The molecule has 3 aliphatic rings. The van der Waals surface area contributed by atoms with Crippen LogP contribution in [0.25, 0.3) is 6.08 Å². The van der Waals surface area contributed by atoms with Gasteiger partial charge in [0, 0.05) is 0 Å². The molecule has 4 N–H and O–H groups in total. The Hall–Kier alpha value is -3.17. The lowest BCUT2D eigenvalue weighted by Crippen LogP contribution is -2.46. The van der Waals surface area contributed by atoms with Gasteiger partial charge < -0.3 is 24.8 Å². The zero-order chi connectivity index (χ0) is 28.6. The monoisotopic (exact) mass is 543 g/mol. The fraction of sp³-hybridized carbons (Fsp3) is 0.400. The van der Waals surface area contributed by atoms with Crippen LogP contribution in [-0.2, 0) is 14.2 Å². The highest BCUT2D eigenvalue weighted by molar-refractivity contribution is 6.58. The first-order valence-corrected chi connectivity index (χ1v) is 14.1. The van der Waals surface area contributed by atoms with Gasteiger partial charge in [0.2, 0.25) is 11.8 Å². The average Bonchev–Trinajstić information content (AvgIpc) is 3.20. The van der Waals surface area contributed by atoms with Crippen LogP contribution >= 0.6 is 0 Å². The van der Waals surface area contributed by atoms with Crippen LogP contribution in [-0.4, -0.2) is 52.3 Å². The summed E-state index contributed by atoms with van der Waals surface area (Å²) >= 11 is 0. The molecule has 2 heterocycles. The predicted octanol–water partition coefficient (Wildman–Crippen LogP) is 3.06. The highest BCUT2D eigenvalue weighted by Gasteiger charge is 2.57. The van der Waals surface area contributed by atoms with Gasteiger partial charge in [-0.2, -0.15) is 0 Å². The lowest BCUT2D eigenvalue weighted by Gasteiger charge is -2.43. The predicted molar refractivity (Wildman–Crippen MR) is 154 cm³/mol. The Kier molecular flexibility index (Phi) is 8.33. The molecule has 0 aromatic heterocycles. The molecule has 40 heavy (non-hydrogen) atoms. The largest absolute Gasteiger partial charge is 0.508 e. The van der Waals surface area contributed by atoms with Crippen molar-refractivity contribution >= 4 is 43.3 Å². The van der Waals surface area contributed by atoms with Crippen LogP contribution in [0.2, 0.25) is 6.32 Å². The number of anilines is 1. The molecule has 4 atom stereocenters. The van der Waals surface area contributed by atoms with E-state index < -0.39 is 26.1 Å². The lowest BCUT2D eigenvalue weighted by molar-refractivity contribution is -0.122. The summed E-state index contributed by atoms with van der Waals surface area (Å²) < 4.78 is 6.08. The molecule has 2 amide bonds. The van der Waals surface area contributed by atoms with E-state index in [1.807, 2.05) is 12.1 Å². The number of phenolic OH excluding ortho intramolecular Hbond substituents is 1. The summed E-state index contributed by atoms with van der Waals surface area (Å²) in [6.07, 6.45) is 5.42. The molecule has 5 rings (SSSR count). The van der Waals surface area contributed by atoms with E-state index in [2.05, 4.69) is 19.9 Å². The van der Waals surface area contributed by atoms with Crippen molar-refractivity contribution in [1.82, 2.24) is 0 Å². The van der Waals surface area contributed by atoms with Crippen LogP contribution < -0.4 is 10.4 Å². The Morgan fingerprint density at radius 3 is 2.52 bits per heavy atom. The summed E-state index contributed by atoms with van der Waals surface area (Å²) in [4.78, 5) is 28.6. The number of amides is 2. The van der Waals surface area contributed by atoms with Gasteiger partial charge in [0.05, 0.1) is 23.6 Å². The van der Waals surface area contributed by atoms with E-state index in [1.54, 1.807) is 24.3 Å². The van der Waals surface area contributed by atoms with Crippen LogP contribution in [0.1, 0.15) is 51.5 Å². The van der Waals surface area contributed by atoms with Gasteiger partial charge in [0.1, 0.15) is 5.75 Å². The molecule has 2 fully saturated rings. The molecule has 0 spiro atoms. The van der Waals surface area contributed by atoms with Crippen LogP contribution in [0.3, 0.4) is 0 Å². The molecule has 2 saturated heterocycles. The van der Waals surface area contributed by atoms with Crippen molar-refractivity contribution in [3.8, 4) is 5.75 Å². The standard InChI is InChI=1S/C30H35B2NO7/c1-3-18(14-19-8-11-23(34)12-9-19)10-13-26-27-20(4-2)15-24-28(25(27)17-31(37)40-26)30(36)33(29(24)35)22-7-5-6-21(16-22)32(38)39/h5-9,11-12,14,16,24-26,28,34,37-39H,3-4,10,13,15,17H2,1-2H3/b18-14+/t24-,25+,26-,28-/m1/s1. The van der Waals surface area contributed by atoms with Crippen LogP contribution in [0.5, 0.6) is 5.75 Å². The van der Waals surface area contributed by atoms with Crippen LogP contribution in [0.15, 0.2) is 65.3 Å². The normalized spacial score (nSPS) is 24.9. The van der Waals surface area contributed by atoms with E-state index in [0.29, 0.717) is 18.5 Å². The minimum absolute atomic E-state index is 0.203. The molecule has 2 aromatic carbocycles. The van der Waals surface area contributed by atoms with Gasteiger partial charge >= 0.3 is 14.2 Å². The van der Waals surface area contributed by atoms with Crippen molar-refractivity contribution < 1.29 is 34.4 Å². The third kappa shape index (κ3) is 5.41. The van der Waals surface area contributed by atoms with Crippen molar-refractivity contribution in [2.45, 2.75) is 58.4 Å². The number of carbonyl (C=O) groups is 2. The van der Waals surface area contributed by atoms with E-state index in [0.717, 1.165) is 36.0 Å². The lowest BCUT2D eigenvalue weighted by atomic mass is 9.58. The Bertz CT molecular complexity index is 1340. The number of aromatic hydroxyl groups is 1. The van der Waals surface area contributed by atoms with Crippen molar-refractivity contribution in [2.24, 2.45) is 17.8 Å². The summed E-state index contributed by atoms with van der Waals surface area (Å²) in [5.74, 6) is -1.80. The molecule has 0 saturated carbocycles. The minimum Gasteiger partial charge on any atom is -0.508 e. The van der Waals surface area contributed by atoms with Crippen molar-refractivity contribution in [2.75, 3.05) is 4.90 Å². The molecule has 0 radical (unpaired) electrons. The van der Waals surface area contributed by atoms with Gasteiger partial charge in [-0.15, -0.1) is 0 Å². The van der Waals surface area contributed by atoms with Crippen LogP contribution in [0, 0.1) is 17.8 Å². The van der Waals surface area contributed by atoms with Gasteiger partial charge in [-0.3, -0.25) is 14.5 Å². The molecular weight excluding hydrogens is 508 g/mol. The van der Waals surface area contributed by atoms with E-state index in [9.17, 15) is 29.8 Å². The third-order valence-electron chi connectivity index (χ3n) is 8.61. The summed E-state index contributed by atoms with van der Waals surface area (Å²) in [7, 11) is -2.75. The van der Waals surface area contributed by atoms with Gasteiger partial charge in [-0.1, -0.05) is 55.3 Å². The highest BCUT2D eigenvalue weighted by atomic mass is 16.5. The minimum atomic E-state index is -1.71. The van der Waals surface area contributed by atoms with Gasteiger partial charge in [0.15, 0.2) is 0 Å². The second kappa shape index (κ2) is 11.7. The number of fused-ring (bicyclic) bond motifs is 3. The number of benzene rings is 2. The van der Waals surface area contributed by atoms with E-state index in [-0.39, 0.29) is 41.4 Å². The number of allylic oxidation sites excluding steroid dienone is 2. The van der Waals surface area contributed by atoms with Crippen molar-refractivity contribution in [3.05, 3.63) is 70.8 Å². The molecule has 208 valence electrons. The molecule has 1 aliphatic carbocycles. The maximum atomic E-state index is 13.8. The first kappa shape index (κ1) is 28.4. The average molecular weight is 543 g/mol. The number of nitrogens with zero attached hydrogens (tertiary/aromatic N) is 1. The summed E-state index contributed by atoms with van der Waals surface area (Å²) in [6, 6.07) is 13.3. The van der Waals surface area contributed by atoms with Crippen LogP contribution in [0.4, 0.5) is 5.69 Å². The molecule has 2 aromatic rings. The molecule has 8 nitrogen and oxygen atoms in total. The molecule has 0 unspecified atom stereocenters. The quantitative estimate of drug-likeness (QED) is 0.229. The number of hydrogen-bond donors (Lipinski definition) is 4. The van der Waals surface area contributed by atoms with Gasteiger partial charge in [0.25, 0.3) is 0 Å². The number of phenols is 1. The second-order valence-corrected chi connectivity index (χ2v) is 10.9. The highest BCUT2D eigenvalue weighted by Crippen LogP contribution is 2.51. The Labute approximate surface area is 235 Å². The molecule has 10 heteroatoms. The Balaban J connectivity index is 1.42. The third-order valence-corrected chi connectivity index (χ3v) is 8.61. The zero-order valence-corrected chi connectivity index (χ0v) is 22.9. The number of imide groups is 1. The first-order chi connectivity index (χ1) is 19.2. The maximum Gasteiger partial charge on any atom is 0.488 e. The fourth-order valence-corrected chi connectivity index (χ4v) is 6.66. The number of rotatable bonds is 8. The van der Waals surface area contributed by atoms with E-state index >= 15 is 0 Å². The maximum absolute atomic E-state index is 13.8. The van der Waals surface area contributed by atoms with E-state index in [1.165, 1.54) is 22.6 Å². The first-order valence-electron chi connectivity index (χ1n) is 14.1. The SMILES string of the molecule is CCC1=C2[C@@H](CC/C(=C/c3ccc(O)cc3)CC)OB(O)C[C@@H]2[C@@H]2C(=O)N(c3cccc(B(O)O)c3)C(=O)[C@@H]2C1. The van der Waals surface area contributed by atoms with Gasteiger partial charge in [-0.05, 0) is 85.2 Å². The number of hydrogen-bond acceptors (Lipinski definition) is 7.